The van der Waals surface area contributed by atoms with Gasteiger partial charge in [0.1, 0.15) is 0 Å². The van der Waals surface area contributed by atoms with E-state index < -0.39 is 5.97 Å². The van der Waals surface area contributed by atoms with Crippen LogP contribution in [-0.2, 0) is 9.53 Å². The summed E-state index contributed by atoms with van der Waals surface area (Å²) in [6.07, 6.45) is 0. The summed E-state index contributed by atoms with van der Waals surface area (Å²) in [4.78, 5) is 21.9. The monoisotopic (exact) mass is 208 g/mol. The predicted octanol–water partition coefficient (Wildman–Crippen LogP) is 1.01. The number of amides is 1. The Morgan fingerprint density at radius 3 is 2.53 bits per heavy atom. The summed E-state index contributed by atoms with van der Waals surface area (Å²) in [5, 5.41) is 2.54. The summed E-state index contributed by atoms with van der Waals surface area (Å²) in [6, 6.07) is 4.55. The van der Waals surface area contributed by atoms with E-state index >= 15 is 0 Å². The second-order valence-electron chi connectivity index (χ2n) is 2.97. The number of nitrogens with one attached hydrogen (secondary N) is 1. The van der Waals surface area contributed by atoms with E-state index in [2.05, 4.69) is 10.1 Å². The highest BCUT2D eigenvalue weighted by Crippen LogP contribution is 2.20. The van der Waals surface area contributed by atoms with Crippen molar-refractivity contribution >= 4 is 23.3 Å². The van der Waals surface area contributed by atoms with Gasteiger partial charge >= 0.3 is 5.97 Å². The number of esters is 1. The van der Waals surface area contributed by atoms with Crippen LogP contribution in [0, 0.1) is 0 Å². The van der Waals surface area contributed by atoms with E-state index in [1.165, 1.54) is 26.2 Å². The first-order chi connectivity index (χ1) is 7.04. The van der Waals surface area contributed by atoms with Gasteiger partial charge in [-0.3, -0.25) is 4.79 Å². The Bertz CT molecular complexity index is 402. The number of rotatable bonds is 2. The molecule has 3 N–H and O–H groups in total. The second kappa shape index (κ2) is 4.45. The number of nitrogen functional groups attached to an aromatic ring is 1. The maximum Gasteiger partial charge on any atom is 0.337 e. The third-order valence-corrected chi connectivity index (χ3v) is 1.78. The first-order valence-electron chi connectivity index (χ1n) is 4.30. The standard InChI is InChI=1S/C10H12N2O3/c1-6(13)12-9-4-3-7(5-8(9)11)10(14)15-2/h3-5H,11H2,1-2H3,(H,12,13). The molecule has 0 bridgehead atoms. The lowest BCUT2D eigenvalue weighted by Crippen LogP contribution is -2.09. The number of methoxy groups -OCH3 is 1. The molecule has 15 heavy (non-hydrogen) atoms. The van der Waals surface area contributed by atoms with Crippen molar-refractivity contribution in [1.82, 2.24) is 0 Å². The van der Waals surface area contributed by atoms with Gasteiger partial charge in [0.15, 0.2) is 0 Å². The zero-order valence-electron chi connectivity index (χ0n) is 8.53. The van der Waals surface area contributed by atoms with Gasteiger partial charge in [-0.1, -0.05) is 0 Å². The van der Waals surface area contributed by atoms with Gasteiger partial charge in [0.2, 0.25) is 5.91 Å². The van der Waals surface area contributed by atoms with Gasteiger partial charge in [0.05, 0.1) is 24.0 Å². The largest absolute Gasteiger partial charge is 0.465 e. The maximum atomic E-state index is 11.1. The minimum absolute atomic E-state index is 0.215. The number of anilines is 2. The summed E-state index contributed by atoms with van der Waals surface area (Å²) in [5.74, 6) is -0.677. The summed E-state index contributed by atoms with van der Waals surface area (Å²) in [6.45, 7) is 1.38. The van der Waals surface area contributed by atoms with Gasteiger partial charge in [-0.05, 0) is 18.2 Å². The highest BCUT2D eigenvalue weighted by Gasteiger charge is 2.08. The molecule has 0 aliphatic carbocycles. The topological polar surface area (TPSA) is 81.4 Å². The van der Waals surface area contributed by atoms with Gasteiger partial charge < -0.3 is 15.8 Å². The molecule has 0 aliphatic heterocycles. The zero-order valence-corrected chi connectivity index (χ0v) is 8.53. The lowest BCUT2D eigenvalue weighted by atomic mass is 10.1. The molecule has 0 fully saturated rings. The molecule has 80 valence electrons. The van der Waals surface area contributed by atoms with Crippen LogP contribution >= 0.6 is 0 Å². The van der Waals surface area contributed by atoms with Crippen LogP contribution in [0.5, 0.6) is 0 Å². The van der Waals surface area contributed by atoms with Crippen LogP contribution in [-0.4, -0.2) is 19.0 Å². The smallest absolute Gasteiger partial charge is 0.337 e. The molecule has 5 nitrogen and oxygen atoms in total. The lowest BCUT2D eigenvalue weighted by Gasteiger charge is -2.07. The Labute approximate surface area is 87.2 Å². The molecule has 0 aromatic heterocycles. The Morgan fingerprint density at radius 1 is 1.40 bits per heavy atom. The van der Waals surface area contributed by atoms with E-state index in [1.54, 1.807) is 6.07 Å². The highest BCUT2D eigenvalue weighted by atomic mass is 16.5. The van der Waals surface area contributed by atoms with Crippen LogP contribution in [0.4, 0.5) is 11.4 Å². The molecule has 1 aromatic rings. The molecule has 1 aromatic carbocycles. The molecule has 0 saturated heterocycles. The van der Waals surface area contributed by atoms with Gasteiger partial charge in [0.25, 0.3) is 0 Å². The van der Waals surface area contributed by atoms with E-state index in [1.807, 2.05) is 0 Å². The summed E-state index contributed by atoms with van der Waals surface area (Å²) < 4.78 is 4.53. The molecule has 0 heterocycles. The first-order valence-corrected chi connectivity index (χ1v) is 4.30. The van der Waals surface area contributed by atoms with Crippen LogP contribution in [0.25, 0.3) is 0 Å². The van der Waals surface area contributed by atoms with Gasteiger partial charge in [0, 0.05) is 6.92 Å². The summed E-state index contributed by atoms with van der Waals surface area (Å²) >= 11 is 0. The molecular formula is C10H12N2O3. The minimum Gasteiger partial charge on any atom is -0.465 e. The second-order valence-corrected chi connectivity index (χ2v) is 2.97. The van der Waals surface area contributed by atoms with Crippen molar-refractivity contribution in [3.8, 4) is 0 Å². The highest BCUT2D eigenvalue weighted by molar-refractivity contribution is 5.95. The molecule has 0 atom stereocenters. The van der Waals surface area contributed by atoms with Crippen LogP contribution in [0.2, 0.25) is 0 Å². The Balaban J connectivity index is 2.97. The maximum absolute atomic E-state index is 11.1. The molecule has 0 spiro atoms. The fourth-order valence-corrected chi connectivity index (χ4v) is 1.11. The van der Waals surface area contributed by atoms with Crippen LogP contribution in [0.3, 0.4) is 0 Å². The van der Waals surface area contributed by atoms with Gasteiger partial charge in [-0.25, -0.2) is 4.79 Å². The van der Waals surface area contributed by atoms with Gasteiger partial charge in [-0.2, -0.15) is 0 Å². The number of ether oxygens (including phenoxy) is 1. The number of nitrogens with two attached hydrogens (primary N) is 1. The van der Waals surface area contributed by atoms with Crippen molar-refractivity contribution in [3.05, 3.63) is 23.8 Å². The fourth-order valence-electron chi connectivity index (χ4n) is 1.11. The SMILES string of the molecule is COC(=O)c1ccc(NC(C)=O)c(N)c1. The molecule has 1 rings (SSSR count). The van der Waals surface area contributed by atoms with E-state index in [9.17, 15) is 9.59 Å². The predicted molar refractivity (Wildman–Crippen MR) is 56.5 cm³/mol. The summed E-state index contributed by atoms with van der Waals surface area (Å²) in [5.41, 5.74) is 6.80. The molecule has 5 heteroatoms. The first kappa shape index (κ1) is 11.0. The van der Waals surface area contributed by atoms with Crippen molar-refractivity contribution in [2.45, 2.75) is 6.92 Å². The summed E-state index contributed by atoms with van der Waals surface area (Å²) in [7, 11) is 1.29. The number of hydrogen-bond acceptors (Lipinski definition) is 4. The molecule has 0 unspecified atom stereocenters. The van der Waals surface area contributed by atoms with E-state index in [-0.39, 0.29) is 5.91 Å². The number of carbonyl (C=O) groups is 2. The molecule has 1 amide bonds. The van der Waals surface area contributed by atoms with Crippen molar-refractivity contribution in [2.75, 3.05) is 18.2 Å². The third kappa shape index (κ3) is 2.70. The molecular weight excluding hydrogens is 196 g/mol. The number of benzene rings is 1. The van der Waals surface area contributed by atoms with Gasteiger partial charge in [-0.15, -0.1) is 0 Å². The third-order valence-electron chi connectivity index (χ3n) is 1.78. The molecule has 0 radical (unpaired) electrons. The van der Waals surface area contributed by atoms with Crippen molar-refractivity contribution < 1.29 is 14.3 Å². The Morgan fingerprint density at radius 2 is 2.07 bits per heavy atom. The van der Waals surface area contributed by atoms with Crippen LogP contribution in [0.15, 0.2) is 18.2 Å². The molecule has 0 saturated carbocycles. The number of carbonyl (C=O) groups excluding carboxylic acids is 2. The average molecular weight is 208 g/mol. The van der Waals surface area contributed by atoms with Crippen LogP contribution < -0.4 is 11.1 Å². The van der Waals surface area contributed by atoms with Crippen molar-refractivity contribution in [3.63, 3.8) is 0 Å². The minimum atomic E-state index is -0.462. The quantitative estimate of drug-likeness (QED) is 0.561. The van der Waals surface area contributed by atoms with Crippen molar-refractivity contribution in [1.29, 1.82) is 0 Å². The van der Waals surface area contributed by atoms with Crippen molar-refractivity contribution in [2.24, 2.45) is 0 Å². The van der Waals surface area contributed by atoms with E-state index in [0.29, 0.717) is 16.9 Å². The fraction of sp³-hybridized carbons (Fsp3) is 0.200. The average Bonchev–Trinajstić information content (AvgIpc) is 2.19. The van der Waals surface area contributed by atoms with E-state index in [4.69, 9.17) is 5.73 Å². The van der Waals surface area contributed by atoms with E-state index in [0.717, 1.165) is 0 Å². The lowest BCUT2D eigenvalue weighted by molar-refractivity contribution is -0.114. The van der Waals surface area contributed by atoms with Crippen LogP contribution in [0.1, 0.15) is 17.3 Å². The molecule has 0 aliphatic rings. The Hall–Kier alpha value is -2.04. The normalized spacial score (nSPS) is 9.47. The Kier molecular flexibility index (Phi) is 3.28. The number of hydrogen-bond donors (Lipinski definition) is 2. The zero-order chi connectivity index (χ0) is 11.4.